The first-order valence-electron chi connectivity index (χ1n) is 21.5. The molecule has 0 aromatic carbocycles. The Morgan fingerprint density at radius 1 is 0.625 bits per heavy atom. The van der Waals surface area contributed by atoms with Crippen LogP contribution in [0.1, 0.15) is 155 Å². The molecule has 0 aromatic rings. The van der Waals surface area contributed by atoms with Gasteiger partial charge < -0.3 is 24.8 Å². The highest BCUT2D eigenvalue weighted by Crippen LogP contribution is 2.43. The zero-order chi connectivity index (χ0) is 40.8. The minimum atomic E-state index is -4.41. The van der Waals surface area contributed by atoms with E-state index in [9.17, 15) is 19.0 Å². The van der Waals surface area contributed by atoms with Crippen molar-refractivity contribution in [2.24, 2.45) is 5.73 Å². The second kappa shape index (κ2) is 36.7. The molecule has 1 aliphatic heterocycles. The van der Waals surface area contributed by atoms with Crippen molar-refractivity contribution < 1.29 is 42.3 Å². The molecule has 10 nitrogen and oxygen atoms in total. The molecule has 3 N–H and O–H groups in total. The predicted octanol–water partition coefficient (Wildman–Crippen LogP) is 11.3. The van der Waals surface area contributed by atoms with Gasteiger partial charge in [0.15, 0.2) is 6.10 Å². The van der Waals surface area contributed by atoms with Crippen molar-refractivity contribution in [2.75, 3.05) is 26.4 Å². The Balaban J connectivity index is 2.27. The summed E-state index contributed by atoms with van der Waals surface area (Å²) in [4.78, 5) is 34.8. The second-order valence-corrected chi connectivity index (χ2v) is 15.7. The smallest absolute Gasteiger partial charge is 0.462 e. The molecule has 3 unspecified atom stereocenters. The Hall–Kier alpha value is -2.59. The van der Waals surface area contributed by atoms with E-state index in [-0.39, 0.29) is 32.6 Å². The van der Waals surface area contributed by atoms with Crippen LogP contribution in [0.3, 0.4) is 0 Å². The predicted molar refractivity (Wildman–Crippen MR) is 228 cm³/mol. The van der Waals surface area contributed by atoms with Crippen molar-refractivity contribution in [3.8, 4) is 0 Å². The van der Waals surface area contributed by atoms with E-state index in [1.165, 1.54) is 57.8 Å². The van der Waals surface area contributed by atoms with Gasteiger partial charge in [-0.3, -0.25) is 18.6 Å². The van der Waals surface area contributed by atoms with E-state index in [1.807, 2.05) is 12.2 Å². The van der Waals surface area contributed by atoms with Gasteiger partial charge in [0.05, 0.1) is 25.4 Å². The molecule has 1 fully saturated rings. The lowest BCUT2D eigenvalue weighted by Crippen LogP contribution is -2.29. The van der Waals surface area contributed by atoms with E-state index >= 15 is 0 Å². The van der Waals surface area contributed by atoms with Gasteiger partial charge in [-0.15, -0.1) is 0 Å². The van der Waals surface area contributed by atoms with Crippen LogP contribution < -0.4 is 5.73 Å². The topological polar surface area (TPSA) is 147 Å². The number of carbonyl (C=O) groups is 2. The van der Waals surface area contributed by atoms with Crippen LogP contribution in [0, 0.1) is 0 Å². The maximum Gasteiger partial charge on any atom is 0.472 e. The SMILES string of the molecule is CCCCC/C=C\CC1OC1C/C=C\C/C=C\CCCC(=O)O[C@H](COC(=O)CCC/C=C\C/C=C\C/C=C\CCCCCCCC)COP(=O)(O)OCCN. The highest BCUT2D eigenvalue weighted by molar-refractivity contribution is 7.47. The largest absolute Gasteiger partial charge is 0.472 e. The quantitative estimate of drug-likeness (QED) is 0.0203. The number of hydrogen-bond acceptors (Lipinski definition) is 9. The first-order chi connectivity index (χ1) is 27.3. The molecule has 0 aromatic heterocycles. The lowest BCUT2D eigenvalue weighted by molar-refractivity contribution is -0.161. The summed E-state index contributed by atoms with van der Waals surface area (Å²) >= 11 is 0. The van der Waals surface area contributed by atoms with Gasteiger partial charge in [0.1, 0.15) is 6.61 Å². The third-order valence-electron chi connectivity index (χ3n) is 8.97. The fourth-order valence-electron chi connectivity index (χ4n) is 5.62. The molecule has 0 radical (unpaired) electrons. The summed E-state index contributed by atoms with van der Waals surface area (Å²) in [5, 5.41) is 0. The Bertz CT molecular complexity index is 1210. The fourth-order valence-corrected chi connectivity index (χ4v) is 6.39. The molecular weight excluding hydrogens is 729 g/mol. The van der Waals surface area contributed by atoms with Crippen LogP contribution in [0.4, 0.5) is 0 Å². The summed E-state index contributed by atoms with van der Waals surface area (Å²) in [5.74, 6) is -0.968. The third kappa shape index (κ3) is 33.5. The molecule has 1 saturated heterocycles. The highest BCUT2D eigenvalue weighted by Gasteiger charge is 2.36. The Kier molecular flexibility index (Phi) is 33.7. The summed E-state index contributed by atoms with van der Waals surface area (Å²) in [6.07, 6.45) is 46.9. The van der Waals surface area contributed by atoms with Crippen molar-refractivity contribution in [3.63, 3.8) is 0 Å². The number of nitrogens with two attached hydrogens (primary N) is 1. The van der Waals surface area contributed by atoms with E-state index in [0.29, 0.717) is 31.5 Å². The van der Waals surface area contributed by atoms with Crippen LogP contribution in [0.2, 0.25) is 0 Å². The van der Waals surface area contributed by atoms with Crippen molar-refractivity contribution in [3.05, 3.63) is 72.9 Å². The zero-order valence-corrected chi connectivity index (χ0v) is 35.7. The van der Waals surface area contributed by atoms with Crippen molar-refractivity contribution in [1.29, 1.82) is 0 Å². The molecule has 320 valence electrons. The molecule has 1 heterocycles. The first kappa shape index (κ1) is 51.4. The average Bonchev–Trinajstić information content (AvgIpc) is 3.94. The average molecular weight is 806 g/mol. The monoisotopic (exact) mass is 806 g/mol. The van der Waals surface area contributed by atoms with Crippen LogP contribution in [0.5, 0.6) is 0 Å². The van der Waals surface area contributed by atoms with Crippen LogP contribution in [0.15, 0.2) is 72.9 Å². The maximum absolute atomic E-state index is 12.6. The Labute approximate surface area is 339 Å². The van der Waals surface area contributed by atoms with Crippen molar-refractivity contribution in [1.82, 2.24) is 0 Å². The minimum Gasteiger partial charge on any atom is -0.462 e. The van der Waals surface area contributed by atoms with E-state index < -0.39 is 32.5 Å². The molecule has 0 aliphatic carbocycles. The Morgan fingerprint density at radius 3 is 1.70 bits per heavy atom. The lowest BCUT2D eigenvalue weighted by Gasteiger charge is -2.19. The van der Waals surface area contributed by atoms with Crippen LogP contribution in [-0.2, 0) is 37.4 Å². The van der Waals surface area contributed by atoms with Crippen LogP contribution in [0.25, 0.3) is 0 Å². The van der Waals surface area contributed by atoms with Gasteiger partial charge in [-0.05, 0) is 83.5 Å². The highest BCUT2D eigenvalue weighted by atomic mass is 31.2. The van der Waals surface area contributed by atoms with Crippen LogP contribution in [-0.4, -0.2) is 61.5 Å². The molecule has 0 spiro atoms. The van der Waals surface area contributed by atoms with Crippen molar-refractivity contribution >= 4 is 19.8 Å². The number of rotatable bonds is 38. The molecule has 1 aliphatic rings. The number of unbranched alkanes of at least 4 members (excludes halogenated alkanes) is 11. The number of epoxide rings is 1. The summed E-state index contributed by atoms with van der Waals surface area (Å²) in [5.41, 5.74) is 5.34. The number of esters is 2. The minimum absolute atomic E-state index is 0.0325. The fraction of sp³-hybridized carbons (Fsp3) is 0.689. The van der Waals surface area contributed by atoms with Crippen molar-refractivity contribution in [2.45, 2.75) is 173 Å². The van der Waals surface area contributed by atoms with Gasteiger partial charge in [0.2, 0.25) is 0 Å². The molecular formula is C45H76NO9P. The molecule has 0 amide bonds. The second-order valence-electron chi connectivity index (χ2n) is 14.2. The van der Waals surface area contributed by atoms with Gasteiger partial charge >= 0.3 is 19.8 Å². The molecule has 56 heavy (non-hydrogen) atoms. The van der Waals surface area contributed by atoms with Gasteiger partial charge in [0, 0.05) is 19.4 Å². The maximum atomic E-state index is 12.6. The summed E-state index contributed by atoms with van der Waals surface area (Å²) in [6.45, 7) is 3.54. The molecule has 4 atom stereocenters. The number of allylic oxidation sites excluding steroid dienone is 10. The van der Waals surface area contributed by atoms with Gasteiger partial charge in [-0.1, -0.05) is 132 Å². The molecule has 0 saturated carbocycles. The van der Waals surface area contributed by atoms with E-state index in [4.69, 9.17) is 29.0 Å². The first-order valence-corrected chi connectivity index (χ1v) is 23.0. The van der Waals surface area contributed by atoms with E-state index in [2.05, 4.69) is 74.6 Å². The molecule has 0 bridgehead atoms. The van der Waals surface area contributed by atoms with Crippen LogP contribution >= 0.6 is 7.82 Å². The van der Waals surface area contributed by atoms with Gasteiger partial charge in [-0.2, -0.15) is 0 Å². The van der Waals surface area contributed by atoms with E-state index in [0.717, 1.165) is 51.4 Å². The zero-order valence-electron chi connectivity index (χ0n) is 34.8. The normalized spacial score (nSPS) is 17.6. The number of ether oxygens (including phenoxy) is 3. The number of phosphoric ester groups is 1. The summed E-state index contributed by atoms with van der Waals surface area (Å²) < 4.78 is 38.4. The number of phosphoric acid groups is 1. The van der Waals surface area contributed by atoms with Gasteiger partial charge in [-0.25, -0.2) is 4.57 Å². The Morgan fingerprint density at radius 2 is 1.09 bits per heavy atom. The standard InChI is InChI=1S/C45H76NO9P/c1-3-5-7-9-11-12-13-14-15-16-17-18-19-20-23-27-31-35-44(47)51-39-41(40-53-56(49,50)52-38-37-46)54-45(48)36-32-28-24-21-22-26-30-34-43-42(55-43)33-29-25-10-8-6-4-2/h14-15,17-18,20-21,23-26,29-30,41-43H,3-13,16,19,22,27-28,31-40,46H2,1-2H3,(H,49,50)/b15-14-,18-17-,23-20-,24-21-,29-25-,30-26-/t41-,42?,43?/m1/s1. The summed E-state index contributed by atoms with van der Waals surface area (Å²) in [6, 6.07) is 0. The number of hydrogen-bond donors (Lipinski definition) is 2. The summed E-state index contributed by atoms with van der Waals surface area (Å²) in [7, 11) is -4.41. The van der Waals surface area contributed by atoms with Gasteiger partial charge in [0.25, 0.3) is 0 Å². The third-order valence-corrected chi connectivity index (χ3v) is 9.95. The molecule has 11 heteroatoms. The van der Waals surface area contributed by atoms with E-state index in [1.54, 1.807) is 0 Å². The molecule has 1 rings (SSSR count). The lowest BCUT2D eigenvalue weighted by atomic mass is 10.1. The number of carbonyl (C=O) groups excluding carboxylic acids is 2.